The Kier molecular flexibility index (Phi) is 4.41. The normalized spacial score (nSPS) is 19.5. The minimum absolute atomic E-state index is 0.207. The van der Waals surface area contributed by atoms with Gasteiger partial charge in [-0.1, -0.05) is 42.5 Å². The Balaban J connectivity index is 1.83. The first-order chi connectivity index (χ1) is 11.0. The maximum atomic E-state index is 13.9. The maximum absolute atomic E-state index is 13.9. The Morgan fingerprint density at radius 1 is 1.26 bits per heavy atom. The summed E-state index contributed by atoms with van der Waals surface area (Å²) < 4.78 is 13.9. The fourth-order valence-corrected chi connectivity index (χ4v) is 3.90. The lowest BCUT2D eigenvalue weighted by Crippen LogP contribution is -2.50. The van der Waals surface area contributed by atoms with Crippen LogP contribution in [0.25, 0.3) is 0 Å². The van der Waals surface area contributed by atoms with Gasteiger partial charge in [0.2, 0.25) is 5.91 Å². The molecule has 23 heavy (non-hydrogen) atoms. The molecule has 0 aliphatic carbocycles. The average molecular weight is 330 g/mol. The van der Waals surface area contributed by atoms with Crippen molar-refractivity contribution in [3.63, 3.8) is 0 Å². The zero-order valence-electron chi connectivity index (χ0n) is 12.9. The highest BCUT2D eigenvalue weighted by molar-refractivity contribution is 7.99. The monoisotopic (exact) mass is 330 g/mol. The van der Waals surface area contributed by atoms with Crippen molar-refractivity contribution in [2.75, 3.05) is 5.75 Å². The van der Waals surface area contributed by atoms with E-state index in [9.17, 15) is 9.18 Å². The number of halogens is 1. The lowest BCUT2D eigenvalue weighted by molar-refractivity contribution is -0.127. The van der Waals surface area contributed by atoms with E-state index in [0.29, 0.717) is 4.90 Å². The van der Waals surface area contributed by atoms with Crippen LogP contribution in [0.5, 0.6) is 0 Å². The molecule has 0 spiro atoms. The van der Waals surface area contributed by atoms with Crippen LogP contribution in [0.15, 0.2) is 53.4 Å². The Hall–Kier alpha value is -1.85. The van der Waals surface area contributed by atoms with Crippen LogP contribution in [0.1, 0.15) is 30.5 Å². The van der Waals surface area contributed by atoms with Crippen LogP contribution in [0, 0.1) is 5.82 Å². The molecule has 3 N–H and O–H groups in total. The van der Waals surface area contributed by atoms with Crippen LogP contribution in [0.2, 0.25) is 0 Å². The Bertz CT molecular complexity index is 718. The highest BCUT2D eigenvalue weighted by Gasteiger charge is 2.33. The van der Waals surface area contributed by atoms with Gasteiger partial charge >= 0.3 is 0 Å². The number of nitrogens with one attached hydrogen (secondary N) is 1. The molecule has 3 nitrogen and oxygen atoms in total. The molecule has 1 aliphatic heterocycles. The van der Waals surface area contributed by atoms with E-state index in [0.717, 1.165) is 23.3 Å². The highest BCUT2D eigenvalue weighted by atomic mass is 32.2. The maximum Gasteiger partial charge on any atom is 0.244 e. The van der Waals surface area contributed by atoms with Gasteiger partial charge in [-0.25, -0.2) is 4.39 Å². The van der Waals surface area contributed by atoms with E-state index in [2.05, 4.69) is 5.32 Å². The second kappa shape index (κ2) is 6.34. The first kappa shape index (κ1) is 16.0. The number of fused-ring (bicyclic) bond motifs is 1. The molecular formula is C18H19FN2OS. The van der Waals surface area contributed by atoms with Gasteiger partial charge in [0.05, 0.1) is 6.04 Å². The van der Waals surface area contributed by atoms with Crippen LogP contribution in [-0.2, 0) is 10.3 Å². The molecule has 1 amide bonds. The van der Waals surface area contributed by atoms with Crippen molar-refractivity contribution >= 4 is 17.7 Å². The zero-order chi connectivity index (χ0) is 16.4. The quantitative estimate of drug-likeness (QED) is 0.907. The summed E-state index contributed by atoms with van der Waals surface area (Å²) in [6, 6.07) is 14.1. The summed E-state index contributed by atoms with van der Waals surface area (Å²) in [5.74, 6) is 0.284. The molecule has 0 fully saturated rings. The van der Waals surface area contributed by atoms with Gasteiger partial charge in [0.15, 0.2) is 0 Å². The molecule has 0 radical (unpaired) electrons. The molecule has 1 heterocycles. The Labute approximate surface area is 139 Å². The standard InChI is InChI=1S/C18H19FN2OS/c1-18(20,12-6-3-2-4-7-12)17(22)21-15-10-11-23-16-13(15)8-5-9-14(16)19/h2-9,15H,10-11,20H2,1H3,(H,21,22). The summed E-state index contributed by atoms with van der Waals surface area (Å²) in [5, 5.41) is 3.00. The predicted octanol–water partition coefficient (Wildman–Crippen LogP) is 3.35. The fourth-order valence-electron chi connectivity index (χ4n) is 2.76. The third kappa shape index (κ3) is 3.12. The van der Waals surface area contributed by atoms with Gasteiger partial charge < -0.3 is 11.1 Å². The second-order valence-corrected chi connectivity index (χ2v) is 6.99. The Morgan fingerprint density at radius 2 is 2.00 bits per heavy atom. The summed E-state index contributed by atoms with van der Waals surface area (Å²) in [6.45, 7) is 1.70. The highest BCUT2D eigenvalue weighted by Crippen LogP contribution is 2.38. The van der Waals surface area contributed by atoms with Crippen LogP contribution in [0.4, 0.5) is 4.39 Å². The first-order valence-electron chi connectivity index (χ1n) is 7.56. The van der Waals surface area contributed by atoms with Gasteiger partial charge in [-0.2, -0.15) is 0 Å². The molecule has 120 valence electrons. The summed E-state index contributed by atoms with van der Waals surface area (Å²) in [7, 11) is 0. The van der Waals surface area contributed by atoms with Crippen molar-refractivity contribution in [1.82, 2.24) is 5.32 Å². The van der Waals surface area contributed by atoms with E-state index < -0.39 is 5.54 Å². The molecule has 0 saturated carbocycles. The van der Waals surface area contributed by atoms with Crippen LogP contribution >= 0.6 is 11.8 Å². The smallest absolute Gasteiger partial charge is 0.244 e. The van der Waals surface area contributed by atoms with Crippen molar-refractivity contribution in [2.24, 2.45) is 5.73 Å². The van der Waals surface area contributed by atoms with Gasteiger partial charge in [0.25, 0.3) is 0 Å². The van der Waals surface area contributed by atoms with Gasteiger partial charge in [0.1, 0.15) is 11.4 Å². The minimum Gasteiger partial charge on any atom is -0.347 e. The minimum atomic E-state index is -1.13. The average Bonchev–Trinajstić information content (AvgIpc) is 2.56. The molecule has 3 rings (SSSR count). The molecular weight excluding hydrogens is 311 g/mol. The topological polar surface area (TPSA) is 55.1 Å². The van der Waals surface area contributed by atoms with Gasteiger partial charge in [0, 0.05) is 10.6 Å². The van der Waals surface area contributed by atoms with E-state index in [1.165, 1.54) is 17.8 Å². The lowest BCUT2D eigenvalue weighted by Gasteiger charge is -2.31. The number of hydrogen-bond acceptors (Lipinski definition) is 3. The molecule has 2 unspecified atom stereocenters. The van der Waals surface area contributed by atoms with Crippen molar-refractivity contribution in [3.05, 3.63) is 65.5 Å². The van der Waals surface area contributed by atoms with E-state index in [4.69, 9.17) is 5.73 Å². The van der Waals surface area contributed by atoms with E-state index in [1.54, 1.807) is 13.0 Å². The number of carbonyl (C=O) groups is 1. The first-order valence-corrected chi connectivity index (χ1v) is 8.55. The lowest BCUT2D eigenvalue weighted by atomic mass is 9.91. The van der Waals surface area contributed by atoms with Crippen LogP contribution in [-0.4, -0.2) is 11.7 Å². The zero-order valence-corrected chi connectivity index (χ0v) is 13.7. The van der Waals surface area contributed by atoms with Crippen LogP contribution < -0.4 is 11.1 Å². The van der Waals surface area contributed by atoms with Crippen molar-refractivity contribution in [3.8, 4) is 0 Å². The number of carbonyl (C=O) groups excluding carboxylic acids is 1. The van der Waals surface area contributed by atoms with Gasteiger partial charge in [-0.15, -0.1) is 11.8 Å². The molecule has 0 aromatic heterocycles. The molecule has 2 aromatic rings. The molecule has 2 atom stereocenters. The van der Waals surface area contributed by atoms with Crippen LogP contribution in [0.3, 0.4) is 0 Å². The molecule has 1 aliphatic rings. The Morgan fingerprint density at radius 3 is 2.74 bits per heavy atom. The number of rotatable bonds is 3. The van der Waals surface area contributed by atoms with Crippen molar-refractivity contribution < 1.29 is 9.18 Å². The molecule has 5 heteroatoms. The molecule has 0 saturated heterocycles. The van der Waals surface area contributed by atoms with E-state index in [-0.39, 0.29) is 17.8 Å². The van der Waals surface area contributed by atoms with Gasteiger partial charge in [-0.3, -0.25) is 4.79 Å². The molecule has 2 aromatic carbocycles. The number of hydrogen-bond donors (Lipinski definition) is 2. The SMILES string of the molecule is CC(N)(C(=O)NC1CCSc2c(F)cccc21)c1ccccc1. The summed E-state index contributed by atoms with van der Waals surface area (Å²) >= 11 is 1.49. The third-order valence-corrected chi connectivity index (χ3v) is 5.34. The number of nitrogens with two attached hydrogens (primary N) is 1. The summed E-state index contributed by atoms with van der Waals surface area (Å²) in [4.78, 5) is 13.3. The predicted molar refractivity (Wildman–Crippen MR) is 90.6 cm³/mol. The molecule has 0 bridgehead atoms. The second-order valence-electron chi connectivity index (χ2n) is 5.89. The third-order valence-electron chi connectivity index (χ3n) is 4.18. The largest absolute Gasteiger partial charge is 0.347 e. The van der Waals surface area contributed by atoms with Crippen molar-refractivity contribution in [1.29, 1.82) is 0 Å². The van der Waals surface area contributed by atoms with E-state index >= 15 is 0 Å². The summed E-state index contributed by atoms with van der Waals surface area (Å²) in [5.41, 5.74) is 6.72. The summed E-state index contributed by atoms with van der Waals surface area (Å²) in [6.07, 6.45) is 0.762. The van der Waals surface area contributed by atoms with Gasteiger partial charge in [-0.05, 0) is 30.5 Å². The van der Waals surface area contributed by atoms with Crippen molar-refractivity contribution in [2.45, 2.75) is 29.8 Å². The number of thioether (sulfide) groups is 1. The number of amides is 1. The van der Waals surface area contributed by atoms with E-state index in [1.807, 2.05) is 36.4 Å². The number of benzene rings is 2. The fraction of sp³-hybridized carbons (Fsp3) is 0.278.